The van der Waals surface area contributed by atoms with Crippen LogP contribution in [0.3, 0.4) is 0 Å². The summed E-state index contributed by atoms with van der Waals surface area (Å²) in [5.41, 5.74) is 2.49. The zero-order valence-electron chi connectivity index (χ0n) is 11.2. The number of ketones is 1. The van der Waals surface area contributed by atoms with Gasteiger partial charge >= 0.3 is 0 Å². The second-order valence-electron chi connectivity index (χ2n) is 4.44. The minimum atomic E-state index is 0.0681. The van der Waals surface area contributed by atoms with Crippen LogP contribution in [-0.4, -0.2) is 5.78 Å². The second kappa shape index (κ2) is 6.06. The molecule has 96 valence electrons. The standard InChI is InChI=1S/C17H16O2/c1-3-4-17-11-15(12-19-17)6-5-14-7-9-16(10-8-14)13(2)18/h7-12H,3-4H2,1-2H3. The van der Waals surface area contributed by atoms with Crippen molar-refractivity contribution in [1.29, 1.82) is 0 Å². The fraction of sp³-hybridized carbons (Fsp3) is 0.235. The smallest absolute Gasteiger partial charge is 0.159 e. The normalized spacial score (nSPS) is 9.79. The molecule has 0 amide bonds. The van der Waals surface area contributed by atoms with Crippen molar-refractivity contribution < 1.29 is 9.21 Å². The highest BCUT2D eigenvalue weighted by Crippen LogP contribution is 2.09. The fourth-order valence-corrected chi connectivity index (χ4v) is 1.76. The molecule has 1 heterocycles. The summed E-state index contributed by atoms with van der Waals surface area (Å²) < 4.78 is 5.40. The van der Waals surface area contributed by atoms with E-state index in [0.29, 0.717) is 5.56 Å². The van der Waals surface area contributed by atoms with Crippen LogP contribution in [-0.2, 0) is 6.42 Å². The monoisotopic (exact) mass is 252 g/mol. The van der Waals surface area contributed by atoms with Crippen molar-refractivity contribution in [3.05, 3.63) is 59.0 Å². The van der Waals surface area contributed by atoms with Crippen LogP contribution < -0.4 is 0 Å². The number of rotatable bonds is 3. The van der Waals surface area contributed by atoms with Gasteiger partial charge in [-0.25, -0.2) is 0 Å². The summed E-state index contributed by atoms with van der Waals surface area (Å²) in [4.78, 5) is 11.2. The number of carbonyl (C=O) groups is 1. The molecule has 0 atom stereocenters. The molecular weight excluding hydrogens is 236 g/mol. The van der Waals surface area contributed by atoms with Crippen molar-refractivity contribution in [2.45, 2.75) is 26.7 Å². The molecule has 2 aromatic rings. The van der Waals surface area contributed by atoms with Crippen LogP contribution in [0.2, 0.25) is 0 Å². The van der Waals surface area contributed by atoms with E-state index < -0.39 is 0 Å². The molecule has 0 N–H and O–H groups in total. The predicted molar refractivity (Wildman–Crippen MR) is 75.1 cm³/mol. The zero-order valence-corrected chi connectivity index (χ0v) is 11.2. The van der Waals surface area contributed by atoms with Crippen LogP contribution in [0.5, 0.6) is 0 Å². The molecule has 19 heavy (non-hydrogen) atoms. The van der Waals surface area contributed by atoms with Gasteiger partial charge < -0.3 is 4.42 Å². The SMILES string of the molecule is CCCc1cc(C#Cc2ccc(C(C)=O)cc2)co1. The molecule has 0 saturated carbocycles. The third-order valence-corrected chi connectivity index (χ3v) is 2.79. The Morgan fingerprint density at radius 2 is 1.84 bits per heavy atom. The summed E-state index contributed by atoms with van der Waals surface area (Å²) in [6.45, 7) is 3.67. The zero-order chi connectivity index (χ0) is 13.7. The van der Waals surface area contributed by atoms with Crippen molar-refractivity contribution in [2.24, 2.45) is 0 Å². The largest absolute Gasteiger partial charge is 0.468 e. The Hall–Kier alpha value is -2.27. The maximum absolute atomic E-state index is 11.2. The van der Waals surface area contributed by atoms with Crippen molar-refractivity contribution in [3.63, 3.8) is 0 Å². The van der Waals surface area contributed by atoms with Gasteiger partial charge in [0.05, 0.1) is 5.56 Å². The van der Waals surface area contributed by atoms with E-state index in [1.165, 1.54) is 0 Å². The van der Waals surface area contributed by atoms with Gasteiger partial charge in [0.15, 0.2) is 5.78 Å². The average Bonchev–Trinajstić information content (AvgIpc) is 2.85. The van der Waals surface area contributed by atoms with Gasteiger partial charge in [0.1, 0.15) is 12.0 Å². The Bertz CT molecular complexity index is 621. The van der Waals surface area contributed by atoms with Gasteiger partial charge in [0, 0.05) is 17.5 Å². The van der Waals surface area contributed by atoms with Crippen molar-refractivity contribution in [3.8, 4) is 11.8 Å². The molecule has 0 unspecified atom stereocenters. The Morgan fingerprint density at radius 1 is 1.16 bits per heavy atom. The van der Waals surface area contributed by atoms with Crippen LogP contribution in [0, 0.1) is 11.8 Å². The highest BCUT2D eigenvalue weighted by atomic mass is 16.3. The summed E-state index contributed by atoms with van der Waals surface area (Å²) >= 11 is 0. The molecule has 0 aliphatic carbocycles. The van der Waals surface area contributed by atoms with Gasteiger partial charge in [-0.2, -0.15) is 0 Å². The molecule has 0 saturated heterocycles. The van der Waals surface area contributed by atoms with E-state index in [0.717, 1.165) is 29.7 Å². The van der Waals surface area contributed by atoms with Gasteiger partial charge in [0.25, 0.3) is 0 Å². The molecule has 0 aliphatic rings. The molecule has 1 aromatic heterocycles. The average molecular weight is 252 g/mol. The Labute approximate surface area is 113 Å². The van der Waals surface area contributed by atoms with E-state index in [1.807, 2.05) is 18.2 Å². The first kappa shape index (κ1) is 13.2. The van der Waals surface area contributed by atoms with Crippen LogP contribution in [0.15, 0.2) is 41.0 Å². The number of hydrogen-bond donors (Lipinski definition) is 0. The number of hydrogen-bond acceptors (Lipinski definition) is 2. The lowest BCUT2D eigenvalue weighted by Gasteiger charge is -1.94. The summed E-state index contributed by atoms with van der Waals surface area (Å²) in [5.74, 6) is 7.16. The first-order valence-corrected chi connectivity index (χ1v) is 6.39. The van der Waals surface area contributed by atoms with Gasteiger partial charge in [-0.1, -0.05) is 30.9 Å². The summed E-state index contributed by atoms with van der Waals surface area (Å²) in [7, 11) is 0. The number of furan rings is 1. The number of carbonyl (C=O) groups excluding carboxylic acids is 1. The maximum Gasteiger partial charge on any atom is 0.159 e. The molecule has 0 bridgehead atoms. The minimum absolute atomic E-state index is 0.0681. The maximum atomic E-state index is 11.2. The molecule has 1 aromatic carbocycles. The Balaban J connectivity index is 2.12. The van der Waals surface area contributed by atoms with Crippen molar-refractivity contribution in [2.75, 3.05) is 0 Å². The lowest BCUT2D eigenvalue weighted by Crippen LogP contribution is -1.90. The van der Waals surface area contributed by atoms with Crippen LogP contribution in [0.4, 0.5) is 0 Å². The van der Waals surface area contributed by atoms with Gasteiger partial charge in [-0.3, -0.25) is 4.79 Å². The minimum Gasteiger partial charge on any atom is -0.468 e. The van der Waals surface area contributed by atoms with E-state index >= 15 is 0 Å². The fourth-order valence-electron chi connectivity index (χ4n) is 1.76. The third-order valence-electron chi connectivity index (χ3n) is 2.79. The van der Waals surface area contributed by atoms with E-state index in [1.54, 1.807) is 25.3 Å². The van der Waals surface area contributed by atoms with Gasteiger partial charge in [-0.05, 0) is 31.5 Å². The van der Waals surface area contributed by atoms with E-state index in [2.05, 4.69) is 18.8 Å². The lowest BCUT2D eigenvalue weighted by molar-refractivity contribution is 0.101. The van der Waals surface area contributed by atoms with E-state index in [-0.39, 0.29) is 5.78 Å². The quantitative estimate of drug-likeness (QED) is 0.613. The highest BCUT2D eigenvalue weighted by Gasteiger charge is 1.99. The summed E-state index contributed by atoms with van der Waals surface area (Å²) in [6.07, 6.45) is 3.68. The number of aryl methyl sites for hydroxylation is 1. The Kier molecular flexibility index (Phi) is 4.20. The Morgan fingerprint density at radius 3 is 2.47 bits per heavy atom. The lowest BCUT2D eigenvalue weighted by atomic mass is 10.1. The number of Topliss-reactive ketones (excluding diaryl/α,β-unsaturated/α-hetero) is 1. The van der Waals surface area contributed by atoms with Crippen molar-refractivity contribution in [1.82, 2.24) is 0 Å². The molecule has 0 spiro atoms. The number of benzene rings is 1. The summed E-state index contributed by atoms with van der Waals surface area (Å²) in [6, 6.07) is 9.28. The molecule has 2 rings (SSSR count). The third kappa shape index (κ3) is 3.59. The topological polar surface area (TPSA) is 30.2 Å². The highest BCUT2D eigenvalue weighted by molar-refractivity contribution is 5.94. The predicted octanol–water partition coefficient (Wildman–Crippen LogP) is 3.83. The van der Waals surface area contributed by atoms with E-state index in [4.69, 9.17) is 4.42 Å². The second-order valence-corrected chi connectivity index (χ2v) is 4.44. The first-order chi connectivity index (χ1) is 9.19. The van der Waals surface area contributed by atoms with Crippen molar-refractivity contribution >= 4 is 5.78 Å². The van der Waals surface area contributed by atoms with Crippen LogP contribution >= 0.6 is 0 Å². The van der Waals surface area contributed by atoms with E-state index in [9.17, 15) is 4.79 Å². The molecule has 2 nitrogen and oxygen atoms in total. The molecule has 0 aliphatic heterocycles. The van der Waals surface area contributed by atoms with Crippen LogP contribution in [0.25, 0.3) is 0 Å². The molecule has 0 fully saturated rings. The molecule has 2 heteroatoms. The first-order valence-electron chi connectivity index (χ1n) is 6.39. The summed E-state index contributed by atoms with van der Waals surface area (Å²) in [5, 5.41) is 0. The van der Waals surface area contributed by atoms with Gasteiger partial charge in [-0.15, -0.1) is 0 Å². The van der Waals surface area contributed by atoms with Gasteiger partial charge in [0.2, 0.25) is 0 Å². The van der Waals surface area contributed by atoms with Crippen LogP contribution in [0.1, 0.15) is 47.5 Å². The molecular formula is C17H16O2. The molecule has 0 radical (unpaired) electrons.